The lowest BCUT2D eigenvalue weighted by Gasteiger charge is -2.39. The molecule has 1 amide bonds. The second-order valence-corrected chi connectivity index (χ2v) is 4.52. The molecule has 15 heavy (non-hydrogen) atoms. The maximum atomic E-state index is 11.9. The van der Waals surface area contributed by atoms with Gasteiger partial charge in [-0.25, -0.2) is 0 Å². The van der Waals surface area contributed by atoms with Crippen LogP contribution < -0.4 is 5.32 Å². The quantitative estimate of drug-likeness (QED) is 0.749. The van der Waals surface area contributed by atoms with E-state index in [2.05, 4.69) is 19.2 Å². The summed E-state index contributed by atoms with van der Waals surface area (Å²) in [4.78, 5) is 13.8. The molecule has 0 bridgehead atoms. The van der Waals surface area contributed by atoms with Gasteiger partial charge in [-0.05, 0) is 27.7 Å². The standard InChI is InChI=1S/C11H22N2O2/c1-8(2)15-7-11(14)13-9(3)5-12-6-10(13)4/h8-10,12H,5-7H2,1-4H3. The van der Waals surface area contributed by atoms with E-state index in [1.807, 2.05) is 18.7 Å². The van der Waals surface area contributed by atoms with E-state index in [0.717, 1.165) is 13.1 Å². The highest BCUT2D eigenvalue weighted by atomic mass is 16.5. The zero-order chi connectivity index (χ0) is 11.4. The smallest absolute Gasteiger partial charge is 0.249 e. The van der Waals surface area contributed by atoms with E-state index in [-0.39, 0.29) is 30.7 Å². The molecular weight excluding hydrogens is 192 g/mol. The van der Waals surface area contributed by atoms with Gasteiger partial charge >= 0.3 is 0 Å². The van der Waals surface area contributed by atoms with E-state index < -0.39 is 0 Å². The molecule has 1 heterocycles. The molecule has 1 aliphatic rings. The van der Waals surface area contributed by atoms with Crippen molar-refractivity contribution in [3.8, 4) is 0 Å². The SMILES string of the molecule is CC(C)OCC(=O)N1C(C)CNCC1C. The summed E-state index contributed by atoms with van der Waals surface area (Å²) in [5.74, 6) is 0.102. The van der Waals surface area contributed by atoms with Gasteiger partial charge in [-0.15, -0.1) is 0 Å². The second-order valence-electron chi connectivity index (χ2n) is 4.52. The van der Waals surface area contributed by atoms with Gasteiger partial charge in [0, 0.05) is 25.2 Å². The molecule has 1 N–H and O–H groups in total. The summed E-state index contributed by atoms with van der Waals surface area (Å²) in [6.07, 6.45) is 0.113. The molecule has 0 aromatic carbocycles. The maximum Gasteiger partial charge on any atom is 0.249 e. The first kappa shape index (κ1) is 12.5. The van der Waals surface area contributed by atoms with Crippen molar-refractivity contribution in [2.75, 3.05) is 19.7 Å². The van der Waals surface area contributed by atoms with Crippen molar-refractivity contribution in [1.82, 2.24) is 10.2 Å². The number of nitrogens with one attached hydrogen (secondary N) is 1. The Morgan fingerprint density at radius 3 is 2.40 bits per heavy atom. The normalized spacial score (nSPS) is 27.1. The number of carbonyl (C=O) groups is 1. The van der Waals surface area contributed by atoms with E-state index in [0.29, 0.717) is 0 Å². The molecule has 2 atom stereocenters. The van der Waals surface area contributed by atoms with Gasteiger partial charge in [0.25, 0.3) is 0 Å². The van der Waals surface area contributed by atoms with E-state index in [9.17, 15) is 4.79 Å². The number of amides is 1. The molecule has 0 spiro atoms. The minimum Gasteiger partial charge on any atom is -0.369 e. The minimum absolute atomic E-state index is 0.102. The van der Waals surface area contributed by atoms with Crippen LogP contribution in [-0.4, -0.2) is 48.7 Å². The molecule has 88 valence electrons. The third-order valence-corrected chi connectivity index (χ3v) is 2.66. The number of hydrogen-bond acceptors (Lipinski definition) is 3. The summed E-state index contributed by atoms with van der Waals surface area (Å²) in [5, 5.41) is 3.30. The molecule has 0 aromatic rings. The summed E-state index contributed by atoms with van der Waals surface area (Å²) in [6.45, 7) is 9.96. The lowest BCUT2D eigenvalue weighted by atomic mass is 10.1. The minimum atomic E-state index is 0.102. The van der Waals surface area contributed by atoms with Crippen LogP contribution in [0.4, 0.5) is 0 Å². The van der Waals surface area contributed by atoms with Gasteiger partial charge in [0.15, 0.2) is 0 Å². The number of rotatable bonds is 3. The van der Waals surface area contributed by atoms with Crippen molar-refractivity contribution in [3.63, 3.8) is 0 Å². The molecular formula is C11H22N2O2. The number of carbonyl (C=O) groups excluding carboxylic acids is 1. The number of piperazine rings is 1. The van der Waals surface area contributed by atoms with Gasteiger partial charge < -0.3 is 15.0 Å². The first-order chi connectivity index (χ1) is 7.02. The predicted octanol–water partition coefficient (Wildman–Crippen LogP) is 0.620. The first-order valence-electron chi connectivity index (χ1n) is 5.66. The van der Waals surface area contributed by atoms with Crippen molar-refractivity contribution in [1.29, 1.82) is 0 Å². The van der Waals surface area contributed by atoms with Crippen molar-refractivity contribution >= 4 is 5.91 Å². The monoisotopic (exact) mass is 214 g/mol. The molecule has 1 aliphatic heterocycles. The van der Waals surface area contributed by atoms with Gasteiger partial charge in [-0.2, -0.15) is 0 Å². The van der Waals surface area contributed by atoms with Crippen LogP contribution >= 0.6 is 0 Å². The Labute approximate surface area is 92.0 Å². The lowest BCUT2D eigenvalue weighted by molar-refractivity contribution is -0.143. The Bertz CT molecular complexity index is 209. The Balaban J connectivity index is 2.48. The van der Waals surface area contributed by atoms with E-state index in [4.69, 9.17) is 4.74 Å². The zero-order valence-electron chi connectivity index (χ0n) is 10.1. The van der Waals surface area contributed by atoms with Gasteiger partial charge in [0.2, 0.25) is 5.91 Å². The van der Waals surface area contributed by atoms with E-state index in [1.54, 1.807) is 0 Å². The summed E-state index contributed by atoms with van der Waals surface area (Å²) >= 11 is 0. The number of ether oxygens (including phenoxy) is 1. The van der Waals surface area contributed by atoms with Crippen LogP contribution in [0.2, 0.25) is 0 Å². The molecule has 1 fully saturated rings. The summed E-state index contributed by atoms with van der Waals surface area (Å²) in [7, 11) is 0. The maximum absolute atomic E-state index is 11.9. The van der Waals surface area contributed by atoms with Crippen molar-refractivity contribution in [2.24, 2.45) is 0 Å². The fraction of sp³-hybridized carbons (Fsp3) is 0.909. The molecule has 4 nitrogen and oxygen atoms in total. The van der Waals surface area contributed by atoms with Crippen molar-refractivity contribution in [2.45, 2.75) is 45.9 Å². The van der Waals surface area contributed by atoms with Crippen molar-refractivity contribution in [3.05, 3.63) is 0 Å². The zero-order valence-corrected chi connectivity index (χ0v) is 10.1. The summed E-state index contributed by atoms with van der Waals surface area (Å²) < 4.78 is 5.34. The van der Waals surface area contributed by atoms with Crippen LogP contribution in [0, 0.1) is 0 Å². The number of hydrogen-bond donors (Lipinski definition) is 1. The summed E-state index contributed by atoms with van der Waals surface area (Å²) in [5.41, 5.74) is 0. The molecule has 1 saturated heterocycles. The molecule has 0 aromatic heterocycles. The molecule has 2 unspecified atom stereocenters. The molecule has 0 saturated carbocycles. The highest BCUT2D eigenvalue weighted by molar-refractivity contribution is 5.78. The molecule has 4 heteroatoms. The third-order valence-electron chi connectivity index (χ3n) is 2.66. The largest absolute Gasteiger partial charge is 0.369 e. The highest BCUT2D eigenvalue weighted by Gasteiger charge is 2.28. The summed E-state index contributed by atoms with van der Waals surface area (Å²) in [6, 6.07) is 0.522. The molecule has 0 radical (unpaired) electrons. The fourth-order valence-electron chi connectivity index (χ4n) is 1.94. The predicted molar refractivity (Wildman–Crippen MR) is 59.7 cm³/mol. The Hall–Kier alpha value is -0.610. The van der Waals surface area contributed by atoms with E-state index in [1.165, 1.54) is 0 Å². The van der Waals surface area contributed by atoms with Gasteiger partial charge in [-0.1, -0.05) is 0 Å². The first-order valence-corrected chi connectivity index (χ1v) is 5.66. The average Bonchev–Trinajstić information content (AvgIpc) is 2.14. The van der Waals surface area contributed by atoms with Crippen LogP contribution in [0.5, 0.6) is 0 Å². The van der Waals surface area contributed by atoms with Gasteiger partial charge in [0.1, 0.15) is 6.61 Å². The van der Waals surface area contributed by atoms with Crippen LogP contribution in [-0.2, 0) is 9.53 Å². The van der Waals surface area contributed by atoms with Crippen molar-refractivity contribution < 1.29 is 9.53 Å². The average molecular weight is 214 g/mol. The van der Waals surface area contributed by atoms with Gasteiger partial charge in [-0.3, -0.25) is 4.79 Å². The molecule has 0 aliphatic carbocycles. The van der Waals surface area contributed by atoms with Crippen LogP contribution in [0.3, 0.4) is 0 Å². The molecule has 1 rings (SSSR count). The Morgan fingerprint density at radius 1 is 1.40 bits per heavy atom. The second kappa shape index (κ2) is 5.47. The van der Waals surface area contributed by atoms with Crippen LogP contribution in [0.15, 0.2) is 0 Å². The van der Waals surface area contributed by atoms with E-state index >= 15 is 0 Å². The topological polar surface area (TPSA) is 41.6 Å². The third kappa shape index (κ3) is 3.47. The Morgan fingerprint density at radius 2 is 1.93 bits per heavy atom. The van der Waals surface area contributed by atoms with Crippen LogP contribution in [0.25, 0.3) is 0 Å². The highest BCUT2D eigenvalue weighted by Crippen LogP contribution is 2.10. The van der Waals surface area contributed by atoms with Crippen LogP contribution in [0.1, 0.15) is 27.7 Å². The van der Waals surface area contributed by atoms with Gasteiger partial charge in [0.05, 0.1) is 6.10 Å². The fourth-order valence-corrected chi connectivity index (χ4v) is 1.94. The lowest BCUT2D eigenvalue weighted by Crippen LogP contribution is -2.58. The Kier molecular flexibility index (Phi) is 4.54. The number of nitrogens with zero attached hydrogens (tertiary/aromatic N) is 1.